The lowest BCUT2D eigenvalue weighted by Crippen LogP contribution is -2.38. The molecule has 1 N–H and O–H groups in total. The Kier molecular flexibility index (Phi) is 7.23. The maximum Gasteiger partial charge on any atom is 0.130 e. The average molecular weight is 189 g/mol. The molecule has 0 heterocycles. The molecule has 0 aromatic rings. The molecule has 3 heteroatoms. The van der Waals surface area contributed by atoms with Gasteiger partial charge in [0.05, 0.1) is 6.61 Å². The summed E-state index contributed by atoms with van der Waals surface area (Å²) in [6, 6.07) is 0. The third-order valence-corrected chi connectivity index (χ3v) is 2.28. The first kappa shape index (κ1) is 12.9. The van der Waals surface area contributed by atoms with Crippen molar-refractivity contribution in [3.05, 3.63) is 0 Å². The summed E-state index contributed by atoms with van der Waals surface area (Å²) >= 11 is 0. The van der Waals surface area contributed by atoms with Crippen LogP contribution in [0.15, 0.2) is 0 Å². The van der Waals surface area contributed by atoms with Crippen molar-refractivity contribution in [1.29, 1.82) is 0 Å². The Hall–Kier alpha value is -0.120. The molecule has 0 rings (SSSR count). The Morgan fingerprint density at radius 2 is 2.00 bits per heavy atom. The number of ether oxygens (including phenoxy) is 1. The minimum absolute atomic E-state index is 0.406. The molecule has 0 aromatic heterocycles. The van der Waals surface area contributed by atoms with Gasteiger partial charge in [-0.2, -0.15) is 0 Å². The van der Waals surface area contributed by atoms with Gasteiger partial charge in [-0.3, -0.25) is 4.90 Å². The van der Waals surface area contributed by atoms with Gasteiger partial charge in [-0.15, -0.1) is 0 Å². The second-order valence-electron chi connectivity index (χ2n) is 3.59. The molecule has 2 atom stereocenters. The Labute approximate surface area is 81.7 Å². The van der Waals surface area contributed by atoms with Crippen LogP contribution in [0.1, 0.15) is 27.2 Å². The predicted molar refractivity (Wildman–Crippen MR) is 54.6 cm³/mol. The van der Waals surface area contributed by atoms with Gasteiger partial charge in [0, 0.05) is 13.2 Å². The highest BCUT2D eigenvalue weighted by atomic mass is 16.5. The number of rotatable bonds is 7. The first-order valence-corrected chi connectivity index (χ1v) is 5.07. The van der Waals surface area contributed by atoms with E-state index in [4.69, 9.17) is 4.74 Å². The zero-order valence-electron chi connectivity index (χ0n) is 9.29. The molecular formula is C10H23NO2. The van der Waals surface area contributed by atoms with Crippen LogP contribution in [-0.2, 0) is 4.74 Å². The second kappa shape index (κ2) is 7.30. The number of aliphatic hydroxyl groups is 1. The molecule has 13 heavy (non-hydrogen) atoms. The molecule has 0 bridgehead atoms. The van der Waals surface area contributed by atoms with Crippen molar-refractivity contribution in [3.63, 3.8) is 0 Å². The summed E-state index contributed by atoms with van der Waals surface area (Å²) in [7, 11) is 1.93. The van der Waals surface area contributed by atoms with Crippen molar-refractivity contribution in [3.8, 4) is 0 Å². The summed E-state index contributed by atoms with van der Waals surface area (Å²) in [5, 5.41) is 9.59. The number of nitrogens with zero attached hydrogens (tertiary/aromatic N) is 1. The minimum atomic E-state index is -0.464. The van der Waals surface area contributed by atoms with E-state index in [-0.39, 0.29) is 0 Å². The van der Waals surface area contributed by atoms with Crippen molar-refractivity contribution < 1.29 is 9.84 Å². The normalized spacial score (nSPS) is 16.2. The van der Waals surface area contributed by atoms with E-state index in [0.29, 0.717) is 19.1 Å². The molecule has 0 aliphatic rings. The summed E-state index contributed by atoms with van der Waals surface area (Å²) in [5.74, 6) is 0.626. The maximum absolute atomic E-state index is 9.59. The third-order valence-electron chi connectivity index (χ3n) is 2.28. The molecule has 0 aromatic carbocycles. The van der Waals surface area contributed by atoms with Crippen LogP contribution < -0.4 is 0 Å². The fourth-order valence-electron chi connectivity index (χ4n) is 1.09. The molecule has 0 radical (unpaired) electrons. The summed E-state index contributed by atoms with van der Waals surface area (Å²) < 4.78 is 5.14. The molecule has 3 nitrogen and oxygen atoms in total. The van der Waals surface area contributed by atoms with Crippen molar-refractivity contribution in [2.24, 2.45) is 5.92 Å². The van der Waals surface area contributed by atoms with E-state index in [2.05, 4.69) is 13.8 Å². The van der Waals surface area contributed by atoms with Crippen molar-refractivity contribution in [2.75, 3.05) is 26.8 Å². The van der Waals surface area contributed by atoms with Crippen LogP contribution in [0.25, 0.3) is 0 Å². The fraction of sp³-hybridized carbons (Fsp3) is 1.00. The molecule has 2 unspecified atom stereocenters. The third kappa shape index (κ3) is 6.02. The molecular weight excluding hydrogens is 166 g/mol. The molecule has 0 amide bonds. The highest BCUT2D eigenvalue weighted by molar-refractivity contribution is 4.60. The van der Waals surface area contributed by atoms with E-state index < -0.39 is 6.23 Å². The van der Waals surface area contributed by atoms with E-state index in [9.17, 15) is 5.11 Å². The second-order valence-corrected chi connectivity index (χ2v) is 3.59. The highest BCUT2D eigenvalue weighted by Crippen LogP contribution is 2.04. The predicted octanol–water partition coefficient (Wildman–Crippen LogP) is 1.32. The number of aliphatic hydroxyl groups excluding tert-OH is 1. The van der Waals surface area contributed by atoms with Crippen LogP contribution in [0.4, 0.5) is 0 Å². The lowest BCUT2D eigenvalue weighted by molar-refractivity contribution is -0.0492. The van der Waals surface area contributed by atoms with Gasteiger partial charge >= 0.3 is 0 Å². The van der Waals surface area contributed by atoms with Gasteiger partial charge in [-0.05, 0) is 19.9 Å². The van der Waals surface area contributed by atoms with Gasteiger partial charge in [0.2, 0.25) is 0 Å². The first-order valence-electron chi connectivity index (χ1n) is 5.07. The smallest absolute Gasteiger partial charge is 0.130 e. The van der Waals surface area contributed by atoms with Crippen LogP contribution in [0.3, 0.4) is 0 Å². The van der Waals surface area contributed by atoms with Crippen LogP contribution in [-0.4, -0.2) is 43.0 Å². The van der Waals surface area contributed by atoms with Gasteiger partial charge in [0.25, 0.3) is 0 Å². The molecule has 0 saturated carbocycles. The topological polar surface area (TPSA) is 32.7 Å². The van der Waals surface area contributed by atoms with E-state index in [1.165, 1.54) is 0 Å². The van der Waals surface area contributed by atoms with Crippen LogP contribution in [0.5, 0.6) is 0 Å². The van der Waals surface area contributed by atoms with Crippen molar-refractivity contribution in [1.82, 2.24) is 4.90 Å². The SMILES string of the molecule is CCOCC(O)N(C)CC(C)CC. The largest absolute Gasteiger partial charge is 0.378 e. The first-order chi connectivity index (χ1) is 6.11. The summed E-state index contributed by atoms with van der Waals surface area (Å²) in [5.41, 5.74) is 0. The summed E-state index contributed by atoms with van der Waals surface area (Å²) in [4.78, 5) is 1.93. The summed E-state index contributed by atoms with van der Waals surface area (Å²) in [6.07, 6.45) is 0.681. The van der Waals surface area contributed by atoms with E-state index >= 15 is 0 Å². The number of hydrogen-bond donors (Lipinski definition) is 1. The molecule has 0 spiro atoms. The Bertz CT molecular complexity index is 119. The lowest BCUT2D eigenvalue weighted by atomic mass is 10.1. The van der Waals surface area contributed by atoms with Crippen LogP contribution >= 0.6 is 0 Å². The molecule has 0 aliphatic heterocycles. The average Bonchev–Trinajstić information content (AvgIpc) is 2.13. The fourth-order valence-corrected chi connectivity index (χ4v) is 1.09. The van der Waals surface area contributed by atoms with Gasteiger partial charge in [0.1, 0.15) is 6.23 Å². The monoisotopic (exact) mass is 189 g/mol. The minimum Gasteiger partial charge on any atom is -0.378 e. The van der Waals surface area contributed by atoms with Crippen molar-refractivity contribution >= 4 is 0 Å². The molecule has 80 valence electrons. The quantitative estimate of drug-likeness (QED) is 0.613. The van der Waals surface area contributed by atoms with Gasteiger partial charge in [0.15, 0.2) is 0 Å². The van der Waals surface area contributed by atoms with Crippen LogP contribution in [0.2, 0.25) is 0 Å². The van der Waals surface area contributed by atoms with Gasteiger partial charge in [-0.25, -0.2) is 0 Å². The maximum atomic E-state index is 9.59. The standard InChI is InChI=1S/C10H23NO2/c1-5-9(3)7-11(4)10(12)8-13-6-2/h9-10,12H,5-8H2,1-4H3. The van der Waals surface area contributed by atoms with E-state index in [0.717, 1.165) is 13.0 Å². The number of hydrogen-bond acceptors (Lipinski definition) is 3. The zero-order chi connectivity index (χ0) is 10.3. The zero-order valence-corrected chi connectivity index (χ0v) is 9.29. The Balaban J connectivity index is 3.61. The molecule has 0 saturated heterocycles. The van der Waals surface area contributed by atoms with Gasteiger partial charge < -0.3 is 9.84 Å². The molecule has 0 aliphatic carbocycles. The molecule has 0 fully saturated rings. The van der Waals surface area contributed by atoms with Crippen molar-refractivity contribution in [2.45, 2.75) is 33.4 Å². The number of likely N-dealkylation sites (N-methyl/N-ethyl adjacent to an activating group) is 1. The Morgan fingerprint density at radius 1 is 1.38 bits per heavy atom. The highest BCUT2D eigenvalue weighted by Gasteiger charge is 2.12. The van der Waals surface area contributed by atoms with E-state index in [1.807, 2.05) is 18.9 Å². The van der Waals surface area contributed by atoms with Gasteiger partial charge in [-0.1, -0.05) is 20.3 Å². The van der Waals surface area contributed by atoms with Crippen LogP contribution in [0, 0.1) is 5.92 Å². The van der Waals surface area contributed by atoms with E-state index in [1.54, 1.807) is 0 Å². The Morgan fingerprint density at radius 3 is 2.46 bits per heavy atom. The summed E-state index contributed by atoms with van der Waals surface area (Å²) in [6.45, 7) is 8.27. The lowest BCUT2D eigenvalue weighted by Gasteiger charge is -2.25.